The maximum absolute atomic E-state index is 12.3. The van der Waals surface area contributed by atoms with E-state index in [1.807, 2.05) is 32.9 Å². The Morgan fingerprint density at radius 1 is 1.08 bits per heavy atom. The van der Waals surface area contributed by atoms with Crippen LogP contribution in [-0.2, 0) is 9.53 Å². The molecule has 1 amide bonds. The molecule has 0 radical (unpaired) electrons. The fraction of sp³-hybridized carbons (Fsp3) is 0.300. The van der Waals surface area contributed by atoms with Crippen LogP contribution in [0, 0.1) is 13.8 Å². The minimum absolute atomic E-state index is 0.413. The second-order valence-electron chi connectivity index (χ2n) is 5.76. The Kier molecular flexibility index (Phi) is 6.17. The quantitative estimate of drug-likeness (QED) is 0.810. The first kappa shape index (κ1) is 18.5. The van der Waals surface area contributed by atoms with Crippen molar-refractivity contribution in [3.05, 3.63) is 59.2 Å². The highest BCUT2D eigenvalue weighted by atomic mass is 16.5. The lowest BCUT2D eigenvalue weighted by Gasteiger charge is -2.16. The number of rotatable bonds is 6. The minimum atomic E-state index is -0.927. The highest BCUT2D eigenvalue weighted by Crippen LogP contribution is 2.24. The Bertz CT molecular complexity index is 770. The third kappa shape index (κ3) is 4.83. The third-order valence-electron chi connectivity index (χ3n) is 3.84. The Hall–Kier alpha value is -2.82. The standard InChI is InChI=1S/C20H23NO4/c1-5-24-18-9-7-6-8-17(18)21-19(22)15(4)25-20(23)16-11-10-13(2)14(3)12-16/h6-12,15H,5H2,1-4H3,(H,21,22). The number of benzene rings is 2. The fourth-order valence-corrected chi connectivity index (χ4v) is 2.24. The van der Waals surface area contributed by atoms with E-state index in [1.54, 1.807) is 30.3 Å². The predicted molar refractivity (Wildman–Crippen MR) is 97.0 cm³/mol. The number of nitrogens with one attached hydrogen (secondary N) is 1. The smallest absolute Gasteiger partial charge is 0.338 e. The van der Waals surface area contributed by atoms with Crippen LogP contribution in [0.15, 0.2) is 42.5 Å². The average molecular weight is 341 g/mol. The largest absolute Gasteiger partial charge is 0.492 e. The molecule has 0 fully saturated rings. The number of carbonyl (C=O) groups is 2. The van der Waals surface area contributed by atoms with E-state index in [-0.39, 0.29) is 0 Å². The molecule has 0 bridgehead atoms. The first-order valence-electron chi connectivity index (χ1n) is 8.23. The summed E-state index contributed by atoms with van der Waals surface area (Å²) in [6.07, 6.45) is -0.927. The van der Waals surface area contributed by atoms with Crippen LogP contribution in [0.1, 0.15) is 35.3 Å². The molecular weight excluding hydrogens is 318 g/mol. The van der Waals surface area contributed by atoms with Gasteiger partial charge in [0.25, 0.3) is 5.91 Å². The third-order valence-corrected chi connectivity index (χ3v) is 3.84. The number of hydrogen-bond donors (Lipinski definition) is 1. The van der Waals surface area contributed by atoms with Gasteiger partial charge in [0, 0.05) is 0 Å². The molecule has 5 nitrogen and oxygen atoms in total. The number of carbonyl (C=O) groups excluding carboxylic acids is 2. The number of aryl methyl sites for hydroxylation is 2. The summed E-state index contributed by atoms with van der Waals surface area (Å²) in [6.45, 7) is 7.79. The minimum Gasteiger partial charge on any atom is -0.492 e. The van der Waals surface area contributed by atoms with E-state index < -0.39 is 18.0 Å². The van der Waals surface area contributed by atoms with Gasteiger partial charge in [0.15, 0.2) is 6.10 Å². The Morgan fingerprint density at radius 2 is 1.80 bits per heavy atom. The first-order valence-corrected chi connectivity index (χ1v) is 8.23. The van der Waals surface area contributed by atoms with Crippen molar-refractivity contribution in [3.8, 4) is 5.75 Å². The van der Waals surface area contributed by atoms with Crippen LogP contribution in [-0.4, -0.2) is 24.6 Å². The Morgan fingerprint density at radius 3 is 2.48 bits per heavy atom. The molecule has 0 spiro atoms. The number of para-hydroxylation sites is 2. The summed E-state index contributed by atoms with van der Waals surface area (Å²) >= 11 is 0. The van der Waals surface area contributed by atoms with E-state index in [9.17, 15) is 9.59 Å². The molecule has 0 aromatic heterocycles. The zero-order valence-electron chi connectivity index (χ0n) is 15.0. The van der Waals surface area contributed by atoms with Crippen molar-refractivity contribution < 1.29 is 19.1 Å². The van der Waals surface area contributed by atoms with E-state index in [0.717, 1.165) is 11.1 Å². The molecule has 1 unspecified atom stereocenters. The van der Waals surface area contributed by atoms with Gasteiger partial charge in [-0.3, -0.25) is 4.79 Å². The highest BCUT2D eigenvalue weighted by molar-refractivity contribution is 5.98. The molecule has 0 aliphatic heterocycles. The van der Waals surface area contributed by atoms with Gasteiger partial charge in [-0.25, -0.2) is 4.79 Å². The monoisotopic (exact) mass is 341 g/mol. The summed E-state index contributed by atoms with van der Waals surface area (Å²) in [5.74, 6) is -0.362. The maximum Gasteiger partial charge on any atom is 0.338 e. The van der Waals surface area contributed by atoms with E-state index in [4.69, 9.17) is 9.47 Å². The number of ether oxygens (including phenoxy) is 2. The highest BCUT2D eigenvalue weighted by Gasteiger charge is 2.20. The van der Waals surface area contributed by atoms with Gasteiger partial charge in [-0.15, -0.1) is 0 Å². The molecule has 5 heteroatoms. The van der Waals surface area contributed by atoms with Crippen LogP contribution in [0.4, 0.5) is 5.69 Å². The van der Waals surface area contributed by atoms with Crippen molar-refractivity contribution in [2.24, 2.45) is 0 Å². The summed E-state index contributed by atoms with van der Waals surface area (Å²) < 4.78 is 10.7. The molecular formula is C20H23NO4. The summed E-state index contributed by atoms with van der Waals surface area (Å²) in [5.41, 5.74) is 3.06. The molecule has 132 valence electrons. The maximum atomic E-state index is 12.3. The van der Waals surface area contributed by atoms with Crippen molar-refractivity contribution in [1.82, 2.24) is 0 Å². The van der Waals surface area contributed by atoms with Gasteiger partial charge in [-0.2, -0.15) is 0 Å². The van der Waals surface area contributed by atoms with Crippen molar-refractivity contribution in [2.75, 3.05) is 11.9 Å². The predicted octanol–water partition coefficient (Wildman–Crippen LogP) is 3.89. The van der Waals surface area contributed by atoms with Crippen molar-refractivity contribution in [2.45, 2.75) is 33.8 Å². The molecule has 2 rings (SSSR count). The SMILES string of the molecule is CCOc1ccccc1NC(=O)C(C)OC(=O)c1ccc(C)c(C)c1. The summed E-state index contributed by atoms with van der Waals surface area (Å²) in [5, 5.41) is 2.73. The molecule has 1 N–H and O–H groups in total. The summed E-state index contributed by atoms with van der Waals surface area (Å²) in [6, 6.07) is 12.4. The van der Waals surface area contributed by atoms with Gasteiger partial charge in [-0.05, 0) is 63.1 Å². The van der Waals surface area contributed by atoms with Crippen LogP contribution >= 0.6 is 0 Å². The molecule has 2 aromatic carbocycles. The average Bonchev–Trinajstić information content (AvgIpc) is 2.59. The number of esters is 1. The van der Waals surface area contributed by atoms with Gasteiger partial charge >= 0.3 is 5.97 Å². The van der Waals surface area contributed by atoms with E-state index in [2.05, 4.69) is 5.32 Å². The van der Waals surface area contributed by atoms with E-state index in [1.165, 1.54) is 6.92 Å². The molecule has 0 aliphatic carbocycles. The zero-order chi connectivity index (χ0) is 18.4. The number of anilines is 1. The summed E-state index contributed by atoms with van der Waals surface area (Å²) in [4.78, 5) is 24.5. The Balaban J connectivity index is 2.02. The van der Waals surface area contributed by atoms with Gasteiger partial charge < -0.3 is 14.8 Å². The lowest BCUT2D eigenvalue weighted by molar-refractivity contribution is -0.123. The molecule has 0 saturated carbocycles. The van der Waals surface area contributed by atoms with Crippen LogP contribution < -0.4 is 10.1 Å². The zero-order valence-corrected chi connectivity index (χ0v) is 15.0. The molecule has 0 heterocycles. The van der Waals surface area contributed by atoms with Gasteiger partial charge in [-0.1, -0.05) is 18.2 Å². The lowest BCUT2D eigenvalue weighted by Crippen LogP contribution is -2.30. The normalized spacial score (nSPS) is 11.5. The topological polar surface area (TPSA) is 64.6 Å². The number of amides is 1. The molecule has 0 aliphatic rings. The molecule has 2 aromatic rings. The van der Waals surface area contributed by atoms with Gasteiger partial charge in [0.1, 0.15) is 5.75 Å². The van der Waals surface area contributed by atoms with Crippen molar-refractivity contribution >= 4 is 17.6 Å². The Labute approximate surface area is 148 Å². The second kappa shape index (κ2) is 8.33. The van der Waals surface area contributed by atoms with Crippen LogP contribution in [0.2, 0.25) is 0 Å². The second-order valence-corrected chi connectivity index (χ2v) is 5.76. The molecule has 25 heavy (non-hydrogen) atoms. The lowest BCUT2D eigenvalue weighted by atomic mass is 10.1. The van der Waals surface area contributed by atoms with E-state index in [0.29, 0.717) is 23.6 Å². The molecule has 0 saturated heterocycles. The van der Waals surface area contributed by atoms with Crippen LogP contribution in [0.5, 0.6) is 5.75 Å². The van der Waals surface area contributed by atoms with Crippen LogP contribution in [0.25, 0.3) is 0 Å². The van der Waals surface area contributed by atoms with Crippen molar-refractivity contribution in [1.29, 1.82) is 0 Å². The van der Waals surface area contributed by atoms with Crippen molar-refractivity contribution in [3.63, 3.8) is 0 Å². The molecule has 1 atom stereocenters. The van der Waals surface area contributed by atoms with Gasteiger partial charge in [0.05, 0.1) is 17.9 Å². The summed E-state index contributed by atoms with van der Waals surface area (Å²) in [7, 11) is 0. The first-order chi connectivity index (χ1) is 11.9. The fourth-order valence-electron chi connectivity index (χ4n) is 2.24. The van der Waals surface area contributed by atoms with Gasteiger partial charge in [0.2, 0.25) is 0 Å². The van der Waals surface area contributed by atoms with Crippen LogP contribution in [0.3, 0.4) is 0 Å². The number of hydrogen-bond acceptors (Lipinski definition) is 4. The van der Waals surface area contributed by atoms with E-state index >= 15 is 0 Å².